The van der Waals surface area contributed by atoms with Crippen molar-refractivity contribution in [3.63, 3.8) is 0 Å². The quantitative estimate of drug-likeness (QED) is 0.680. The zero-order valence-electron chi connectivity index (χ0n) is 10.6. The molecule has 102 valence electrons. The molecule has 0 radical (unpaired) electrons. The van der Waals surface area contributed by atoms with Crippen LogP contribution in [0.15, 0.2) is 25.8 Å². The number of pyridine rings is 1. The van der Waals surface area contributed by atoms with E-state index in [2.05, 4.69) is 20.9 Å². The van der Waals surface area contributed by atoms with Crippen LogP contribution >= 0.6 is 15.9 Å². The van der Waals surface area contributed by atoms with Crippen LogP contribution in [0, 0.1) is 12.7 Å². The molecule has 1 aliphatic carbocycles. The minimum absolute atomic E-state index is 0.162. The molecule has 6 heteroatoms. The molecule has 0 aliphatic heterocycles. The summed E-state index contributed by atoms with van der Waals surface area (Å²) in [5, 5.41) is 0.591. The first-order valence-corrected chi connectivity index (χ1v) is 7.16. The second-order valence-corrected chi connectivity index (χ2v) is 5.95. The molecule has 1 saturated carbocycles. The van der Waals surface area contributed by atoms with Gasteiger partial charge in [0, 0.05) is 18.4 Å². The molecule has 1 fully saturated rings. The van der Waals surface area contributed by atoms with Gasteiger partial charge in [-0.25, -0.2) is 9.37 Å². The Morgan fingerprint density at radius 2 is 2.20 bits per heavy atom. The number of benzene rings is 1. The summed E-state index contributed by atoms with van der Waals surface area (Å²) in [6.45, 7) is 1.68. The van der Waals surface area contributed by atoms with Crippen LogP contribution in [-0.4, -0.2) is 9.55 Å². The molecular weight excluding hydrogens is 327 g/mol. The molecule has 0 unspecified atom stereocenters. The number of rotatable bonds is 1. The molecule has 0 bridgehead atoms. The van der Waals surface area contributed by atoms with Crippen molar-refractivity contribution in [3.05, 3.63) is 38.7 Å². The summed E-state index contributed by atoms with van der Waals surface area (Å²) in [4.78, 5) is 16.7. The number of aryl methyl sites for hydroxylation is 1. The first-order valence-electron chi connectivity index (χ1n) is 6.36. The van der Waals surface area contributed by atoms with E-state index < -0.39 is 0 Å². The minimum atomic E-state index is -0.381. The van der Waals surface area contributed by atoms with Crippen molar-refractivity contribution in [2.75, 3.05) is 0 Å². The molecule has 1 aliphatic rings. The van der Waals surface area contributed by atoms with Crippen LogP contribution in [0.2, 0.25) is 0 Å². The number of nitrogens with zero attached hydrogens (tertiary/aromatic N) is 2. The van der Waals surface area contributed by atoms with E-state index in [-0.39, 0.29) is 22.9 Å². The lowest BCUT2D eigenvalue weighted by atomic mass is 10.2. The van der Waals surface area contributed by atoms with Crippen molar-refractivity contribution < 1.29 is 8.81 Å². The molecule has 0 N–H and O–H groups in total. The van der Waals surface area contributed by atoms with Crippen LogP contribution in [0.25, 0.3) is 22.0 Å². The van der Waals surface area contributed by atoms with Crippen LogP contribution in [0.3, 0.4) is 0 Å². The zero-order chi connectivity index (χ0) is 14.0. The Bertz CT molecular complexity index is 924. The fourth-order valence-corrected chi connectivity index (χ4v) is 2.92. The third kappa shape index (κ3) is 1.57. The number of fused-ring (bicyclic) bond motifs is 3. The van der Waals surface area contributed by atoms with Gasteiger partial charge in [0.15, 0.2) is 17.0 Å². The molecule has 2 heterocycles. The number of hydrogen-bond donors (Lipinski definition) is 0. The van der Waals surface area contributed by atoms with Crippen LogP contribution in [0.1, 0.15) is 24.8 Å². The van der Waals surface area contributed by atoms with Crippen molar-refractivity contribution in [2.24, 2.45) is 0 Å². The molecule has 20 heavy (non-hydrogen) atoms. The van der Waals surface area contributed by atoms with Gasteiger partial charge >= 0.3 is 0 Å². The highest BCUT2D eigenvalue weighted by Crippen LogP contribution is 2.38. The first-order chi connectivity index (χ1) is 9.56. The smallest absolute Gasteiger partial charge is 0.281 e. The Balaban J connectivity index is 2.29. The SMILES string of the molecule is Cc1nc2c(=O)n(C3CC3)c3cc(Br)c(F)cc3c2o1. The van der Waals surface area contributed by atoms with E-state index >= 15 is 0 Å². The Morgan fingerprint density at radius 3 is 2.90 bits per heavy atom. The maximum Gasteiger partial charge on any atom is 0.281 e. The van der Waals surface area contributed by atoms with Crippen LogP contribution in [0.4, 0.5) is 4.39 Å². The molecule has 0 saturated heterocycles. The molecule has 0 atom stereocenters. The molecule has 0 amide bonds. The van der Waals surface area contributed by atoms with Gasteiger partial charge in [0.1, 0.15) is 5.82 Å². The molecular formula is C14H10BrFN2O2. The van der Waals surface area contributed by atoms with Gasteiger partial charge in [0.05, 0.1) is 9.99 Å². The van der Waals surface area contributed by atoms with Gasteiger partial charge in [-0.15, -0.1) is 0 Å². The Hall–Kier alpha value is -1.69. The lowest BCUT2D eigenvalue weighted by Gasteiger charge is -2.10. The zero-order valence-corrected chi connectivity index (χ0v) is 12.2. The normalized spacial score (nSPS) is 15.3. The van der Waals surface area contributed by atoms with E-state index in [1.165, 1.54) is 6.07 Å². The topological polar surface area (TPSA) is 48.0 Å². The van der Waals surface area contributed by atoms with Gasteiger partial charge in [0.2, 0.25) is 0 Å². The second kappa shape index (κ2) is 3.91. The Kier molecular flexibility index (Phi) is 2.36. The number of oxazole rings is 1. The number of halogens is 2. The van der Waals surface area contributed by atoms with Gasteiger partial charge in [-0.1, -0.05) is 0 Å². The monoisotopic (exact) mass is 336 g/mol. The first kappa shape index (κ1) is 12.1. The predicted molar refractivity (Wildman–Crippen MR) is 76.4 cm³/mol. The van der Waals surface area contributed by atoms with Crippen molar-refractivity contribution in [1.82, 2.24) is 9.55 Å². The van der Waals surface area contributed by atoms with Gasteiger partial charge in [-0.3, -0.25) is 4.79 Å². The number of hydrogen-bond acceptors (Lipinski definition) is 3. The predicted octanol–water partition coefficient (Wildman–Crippen LogP) is 3.69. The van der Waals surface area contributed by atoms with E-state index in [1.54, 1.807) is 17.6 Å². The van der Waals surface area contributed by atoms with Crippen molar-refractivity contribution in [3.8, 4) is 0 Å². The van der Waals surface area contributed by atoms with Crippen molar-refractivity contribution in [2.45, 2.75) is 25.8 Å². The maximum absolute atomic E-state index is 13.8. The standard InChI is InChI=1S/C14H10BrFN2O2/c1-6-17-12-13(20-6)8-4-10(16)9(15)5-11(8)18(14(12)19)7-2-3-7/h4-5,7H,2-3H2,1H3. The summed E-state index contributed by atoms with van der Waals surface area (Å²) in [5.74, 6) is 0.0316. The Morgan fingerprint density at radius 1 is 1.45 bits per heavy atom. The average Bonchev–Trinajstić information content (AvgIpc) is 3.14. The Labute approximate surface area is 121 Å². The third-order valence-electron chi connectivity index (χ3n) is 3.61. The molecule has 4 rings (SSSR count). The van der Waals surface area contributed by atoms with E-state index in [1.807, 2.05) is 0 Å². The van der Waals surface area contributed by atoms with E-state index in [4.69, 9.17) is 4.42 Å². The van der Waals surface area contributed by atoms with Crippen LogP contribution in [-0.2, 0) is 0 Å². The molecule has 2 aromatic heterocycles. The summed E-state index contributed by atoms with van der Waals surface area (Å²) in [6, 6.07) is 3.22. The molecule has 4 nitrogen and oxygen atoms in total. The lowest BCUT2D eigenvalue weighted by Crippen LogP contribution is -2.20. The highest BCUT2D eigenvalue weighted by atomic mass is 79.9. The van der Waals surface area contributed by atoms with E-state index in [0.717, 1.165) is 12.8 Å². The molecule has 3 aromatic rings. The maximum atomic E-state index is 13.8. The summed E-state index contributed by atoms with van der Waals surface area (Å²) in [6.07, 6.45) is 1.93. The number of aromatic nitrogens is 2. The highest BCUT2D eigenvalue weighted by molar-refractivity contribution is 9.10. The molecule has 0 spiro atoms. The van der Waals surface area contributed by atoms with Gasteiger partial charge in [-0.05, 0) is 40.9 Å². The fourth-order valence-electron chi connectivity index (χ4n) is 2.59. The molecule has 1 aromatic carbocycles. The second-order valence-electron chi connectivity index (χ2n) is 5.10. The summed E-state index contributed by atoms with van der Waals surface area (Å²) in [7, 11) is 0. The highest BCUT2D eigenvalue weighted by Gasteiger charge is 2.29. The summed E-state index contributed by atoms with van der Waals surface area (Å²) in [5.41, 5.74) is 1.18. The van der Waals surface area contributed by atoms with Gasteiger partial charge in [-0.2, -0.15) is 0 Å². The lowest BCUT2D eigenvalue weighted by molar-refractivity contribution is 0.563. The van der Waals surface area contributed by atoms with Crippen LogP contribution < -0.4 is 5.56 Å². The van der Waals surface area contributed by atoms with Crippen LogP contribution in [0.5, 0.6) is 0 Å². The third-order valence-corrected chi connectivity index (χ3v) is 4.22. The average molecular weight is 337 g/mol. The van der Waals surface area contributed by atoms with Crippen molar-refractivity contribution in [1.29, 1.82) is 0 Å². The fraction of sp³-hybridized carbons (Fsp3) is 0.286. The largest absolute Gasteiger partial charge is 0.440 e. The van der Waals surface area contributed by atoms with Gasteiger partial charge in [0.25, 0.3) is 5.56 Å². The summed E-state index contributed by atoms with van der Waals surface area (Å²) < 4.78 is 21.4. The van der Waals surface area contributed by atoms with E-state index in [0.29, 0.717) is 26.8 Å². The van der Waals surface area contributed by atoms with E-state index in [9.17, 15) is 9.18 Å². The summed E-state index contributed by atoms with van der Waals surface area (Å²) >= 11 is 3.18. The minimum Gasteiger partial charge on any atom is -0.440 e. The van der Waals surface area contributed by atoms with Gasteiger partial charge < -0.3 is 8.98 Å². The van der Waals surface area contributed by atoms with Crippen molar-refractivity contribution >= 4 is 37.9 Å².